The summed E-state index contributed by atoms with van der Waals surface area (Å²) in [5.41, 5.74) is 7.22. The molecule has 0 atom stereocenters. The zero-order chi connectivity index (χ0) is 18.0. The van der Waals surface area contributed by atoms with E-state index in [4.69, 9.17) is 5.73 Å². The molecule has 8 nitrogen and oxygen atoms in total. The van der Waals surface area contributed by atoms with E-state index in [0.29, 0.717) is 48.8 Å². The lowest BCUT2D eigenvalue weighted by molar-refractivity contribution is -0.384. The van der Waals surface area contributed by atoms with E-state index in [-0.39, 0.29) is 10.6 Å². The molecule has 3 rings (SSSR count). The van der Waals surface area contributed by atoms with Gasteiger partial charge in [0.25, 0.3) is 11.6 Å². The molecule has 0 spiro atoms. The lowest BCUT2D eigenvalue weighted by Crippen LogP contribution is -2.47. The number of amides is 1. The fourth-order valence-corrected chi connectivity index (χ4v) is 3.14. The average molecular weight is 341 g/mol. The van der Waals surface area contributed by atoms with E-state index >= 15 is 0 Å². The summed E-state index contributed by atoms with van der Waals surface area (Å²) in [7, 11) is 0. The van der Waals surface area contributed by atoms with Crippen LogP contribution in [0.15, 0.2) is 36.5 Å². The van der Waals surface area contributed by atoms with Gasteiger partial charge in [0.2, 0.25) is 0 Å². The third-order valence-corrected chi connectivity index (χ3v) is 4.37. The normalized spacial score (nSPS) is 14.4. The van der Waals surface area contributed by atoms with Crippen LogP contribution in [0.3, 0.4) is 0 Å². The Morgan fingerprint density at radius 1 is 1.16 bits per heavy atom. The van der Waals surface area contributed by atoms with Gasteiger partial charge in [0.05, 0.1) is 10.5 Å². The molecule has 1 aromatic heterocycles. The maximum Gasteiger partial charge on any atom is 0.295 e. The van der Waals surface area contributed by atoms with E-state index in [2.05, 4.69) is 4.98 Å². The van der Waals surface area contributed by atoms with E-state index in [1.807, 2.05) is 15.9 Å². The van der Waals surface area contributed by atoms with Crippen LogP contribution in [0.4, 0.5) is 17.2 Å². The van der Waals surface area contributed by atoms with Crippen LogP contribution in [0.2, 0.25) is 0 Å². The predicted molar refractivity (Wildman–Crippen MR) is 95.0 cm³/mol. The molecule has 2 N–H and O–H groups in total. The molecule has 0 saturated carbocycles. The fraction of sp³-hybridized carbons (Fsp3) is 0.294. The Morgan fingerprint density at radius 2 is 1.84 bits per heavy atom. The van der Waals surface area contributed by atoms with Crippen LogP contribution in [0.25, 0.3) is 0 Å². The summed E-state index contributed by atoms with van der Waals surface area (Å²) in [5.74, 6) is 0.0493. The van der Waals surface area contributed by atoms with E-state index in [0.717, 1.165) is 0 Å². The SMILES string of the molecule is Cc1cccc(N2CCN(c3ncccc3C(N)=O)CC2)c1[N+](=O)[O-]. The Morgan fingerprint density at radius 3 is 2.48 bits per heavy atom. The number of pyridine rings is 1. The van der Waals surface area contributed by atoms with Gasteiger partial charge in [-0.2, -0.15) is 0 Å². The largest absolute Gasteiger partial charge is 0.365 e. The molecule has 130 valence electrons. The lowest BCUT2D eigenvalue weighted by atomic mass is 10.1. The van der Waals surface area contributed by atoms with Crippen molar-refractivity contribution in [3.63, 3.8) is 0 Å². The zero-order valence-corrected chi connectivity index (χ0v) is 13.9. The van der Waals surface area contributed by atoms with Gasteiger partial charge in [0, 0.05) is 37.9 Å². The van der Waals surface area contributed by atoms with Crippen molar-refractivity contribution >= 4 is 23.1 Å². The fourth-order valence-electron chi connectivity index (χ4n) is 3.14. The number of aryl methyl sites for hydroxylation is 1. The second-order valence-corrected chi connectivity index (χ2v) is 5.91. The first-order valence-corrected chi connectivity index (χ1v) is 7.97. The number of carbonyl (C=O) groups excluding carboxylic acids is 1. The first-order valence-electron chi connectivity index (χ1n) is 7.97. The van der Waals surface area contributed by atoms with Gasteiger partial charge in [0.1, 0.15) is 11.5 Å². The standard InChI is InChI=1S/C17H19N5O3/c1-12-4-2-6-14(15(12)22(24)25)20-8-10-21(11-9-20)17-13(16(18)23)5-3-7-19-17/h2-7H,8-11H2,1H3,(H2,18,23). The summed E-state index contributed by atoms with van der Waals surface area (Å²) in [6, 6.07) is 8.67. The van der Waals surface area contributed by atoms with Gasteiger partial charge in [-0.25, -0.2) is 4.98 Å². The smallest absolute Gasteiger partial charge is 0.295 e. The van der Waals surface area contributed by atoms with E-state index in [9.17, 15) is 14.9 Å². The molecule has 2 aromatic rings. The molecule has 1 aliphatic rings. The molecule has 1 saturated heterocycles. The number of para-hydroxylation sites is 1. The molecule has 0 unspecified atom stereocenters. The molecule has 0 aliphatic carbocycles. The Hall–Kier alpha value is -3.16. The van der Waals surface area contributed by atoms with E-state index in [1.165, 1.54) is 0 Å². The number of hydrogen-bond donors (Lipinski definition) is 1. The maximum atomic E-state index is 11.6. The van der Waals surface area contributed by atoms with Gasteiger partial charge < -0.3 is 15.5 Å². The number of aromatic nitrogens is 1. The molecule has 2 heterocycles. The summed E-state index contributed by atoms with van der Waals surface area (Å²) in [6.07, 6.45) is 1.62. The van der Waals surface area contributed by atoms with E-state index in [1.54, 1.807) is 37.4 Å². The first kappa shape index (κ1) is 16.7. The molecule has 8 heteroatoms. The average Bonchev–Trinajstić information content (AvgIpc) is 2.61. The third-order valence-electron chi connectivity index (χ3n) is 4.37. The minimum Gasteiger partial charge on any atom is -0.365 e. The minimum absolute atomic E-state index is 0.145. The number of nitro benzene ring substituents is 1. The Balaban J connectivity index is 1.81. The Bertz CT molecular complexity index is 816. The van der Waals surface area contributed by atoms with Crippen molar-refractivity contribution in [2.75, 3.05) is 36.0 Å². The Labute approximate surface area is 145 Å². The van der Waals surface area contributed by atoms with Gasteiger partial charge in [0.15, 0.2) is 0 Å². The number of carbonyl (C=O) groups is 1. The Kier molecular flexibility index (Phi) is 4.51. The van der Waals surface area contributed by atoms with Crippen LogP contribution in [-0.2, 0) is 0 Å². The van der Waals surface area contributed by atoms with Crippen LogP contribution in [0.5, 0.6) is 0 Å². The van der Waals surface area contributed by atoms with Crippen LogP contribution in [0, 0.1) is 17.0 Å². The lowest BCUT2D eigenvalue weighted by Gasteiger charge is -2.37. The molecule has 0 bridgehead atoms. The van der Waals surface area contributed by atoms with Crippen molar-refractivity contribution < 1.29 is 9.72 Å². The van der Waals surface area contributed by atoms with Gasteiger partial charge in [-0.05, 0) is 25.1 Å². The van der Waals surface area contributed by atoms with Crippen molar-refractivity contribution in [1.82, 2.24) is 4.98 Å². The molecule has 1 fully saturated rings. The van der Waals surface area contributed by atoms with Crippen molar-refractivity contribution in [2.24, 2.45) is 5.73 Å². The molecule has 25 heavy (non-hydrogen) atoms. The molecule has 1 aliphatic heterocycles. The van der Waals surface area contributed by atoms with Crippen molar-refractivity contribution in [1.29, 1.82) is 0 Å². The highest BCUT2D eigenvalue weighted by Gasteiger charge is 2.26. The van der Waals surface area contributed by atoms with E-state index < -0.39 is 5.91 Å². The summed E-state index contributed by atoms with van der Waals surface area (Å²) < 4.78 is 0. The highest BCUT2D eigenvalue weighted by Crippen LogP contribution is 2.32. The number of nitrogens with two attached hydrogens (primary N) is 1. The van der Waals surface area contributed by atoms with Gasteiger partial charge >= 0.3 is 0 Å². The van der Waals surface area contributed by atoms with Crippen LogP contribution in [-0.4, -0.2) is 42.0 Å². The number of rotatable bonds is 4. The summed E-state index contributed by atoms with van der Waals surface area (Å²) in [4.78, 5) is 30.9. The number of nitro groups is 1. The molecule has 1 amide bonds. The summed E-state index contributed by atoms with van der Waals surface area (Å²) in [5, 5.41) is 11.4. The third kappa shape index (κ3) is 3.23. The molecule has 1 aromatic carbocycles. The minimum atomic E-state index is -0.514. The molecule has 0 radical (unpaired) electrons. The quantitative estimate of drug-likeness (QED) is 0.670. The number of benzene rings is 1. The topological polar surface area (TPSA) is 106 Å². The number of piperazine rings is 1. The van der Waals surface area contributed by atoms with Gasteiger partial charge in [-0.1, -0.05) is 12.1 Å². The number of primary amides is 1. The monoisotopic (exact) mass is 341 g/mol. The van der Waals surface area contributed by atoms with Crippen molar-refractivity contribution in [3.8, 4) is 0 Å². The number of anilines is 2. The predicted octanol–water partition coefficient (Wildman–Crippen LogP) is 1.72. The van der Waals surface area contributed by atoms with Crippen LogP contribution >= 0.6 is 0 Å². The molecular weight excluding hydrogens is 322 g/mol. The van der Waals surface area contributed by atoms with Gasteiger partial charge in [-0.15, -0.1) is 0 Å². The summed E-state index contributed by atoms with van der Waals surface area (Å²) >= 11 is 0. The van der Waals surface area contributed by atoms with Crippen LogP contribution in [0.1, 0.15) is 15.9 Å². The highest BCUT2D eigenvalue weighted by molar-refractivity contribution is 5.97. The van der Waals surface area contributed by atoms with Crippen molar-refractivity contribution in [2.45, 2.75) is 6.92 Å². The number of hydrogen-bond acceptors (Lipinski definition) is 6. The highest BCUT2D eigenvalue weighted by atomic mass is 16.6. The second-order valence-electron chi connectivity index (χ2n) is 5.91. The second kappa shape index (κ2) is 6.76. The molecular formula is C17H19N5O3. The first-order chi connectivity index (χ1) is 12.0. The summed E-state index contributed by atoms with van der Waals surface area (Å²) in [6.45, 7) is 4.13. The number of nitrogens with zero attached hydrogens (tertiary/aromatic N) is 4. The van der Waals surface area contributed by atoms with Crippen LogP contribution < -0.4 is 15.5 Å². The maximum absolute atomic E-state index is 11.6. The zero-order valence-electron chi connectivity index (χ0n) is 13.9. The van der Waals surface area contributed by atoms with Crippen molar-refractivity contribution in [3.05, 3.63) is 57.8 Å². The van der Waals surface area contributed by atoms with Gasteiger partial charge in [-0.3, -0.25) is 14.9 Å².